The molecular formula is C29H46BrN3O5. The topological polar surface area (TPSA) is 90.4 Å². The van der Waals surface area contributed by atoms with E-state index < -0.39 is 35.1 Å². The Balaban J connectivity index is 2.09. The zero-order valence-corrected chi connectivity index (χ0v) is 25.5. The maximum atomic E-state index is 14.5. The van der Waals surface area contributed by atoms with E-state index in [0.29, 0.717) is 26.1 Å². The second-order valence-corrected chi connectivity index (χ2v) is 14.0. The number of likely N-dealkylation sites (tertiary alicyclic amines) is 1. The predicted octanol–water partition coefficient (Wildman–Crippen LogP) is 3.38. The lowest BCUT2D eigenvalue weighted by Crippen LogP contribution is -2.61. The van der Waals surface area contributed by atoms with E-state index in [2.05, 4.69) is 49.9 Å². The Morgan fingerprint density at radius 3 is 2.34 bits per heavy atom. The number of ether oxygens (including phenoxy) is 1. The van der Waals surface area contributed by atoms with Gasteiger partial charge < -0.3 is 24.5 Å². The van der Waals surface area contributed by atoms with Crippen molar-refractivity contribution in [1.82, 2.24) is 14.7 Å². The highest BCUT2D eigenvalue weighted by Crippen LogP contribution is 2.60. The summed E-state index contributed by atoms with van der Waals surface area (Å²) in [5, 5.41) is 9.91. The van der Waals surface area contributed by atoms with E-state index in [1.54, 1.807) is 22.0 Å². The van der Waals surface area contributed by atoms with E-state index in [0.717, 1.165) is 12.8 Å². The maximum Gasteiger partial charge on any atom is 0.249 e. The van der Waals surface area contributed by atoms with Gasteiger partial charge in [0.2, 0.25) is 17.7 Å². The van der Waals surface area contributed by atoms with Crippen molar-refractivity contribution in [3.63, 3.8) is 0 Å². The molecule has 3 fully saturated rings. The highest BCUT2D eigenvalue weighted by Gasteiger charge is 2.77. The second kappa shape index (κ2) is 11.4. The Kier molecular flexibility index (Phi) is 9.26. The minimum Gasteiger partial charge on any atom is -0.395 e. The lowest BCUT2D eigenvalue weighted by molar-refractivity contribution is -0.153. The van der Waals surface area contributed by atoms with Crippen LogP contribution in [0.4, 0.5) is 0 Å². The zero-order chi connectivity index (χ0) is 28.6. The average molecular weight is 597 g/mol. The van der Waals surface area contributed by atoms with Gasteiger partial charge >= 0.3 is 0 Å². The first-order valence-electron chi connectivity index (χ1n) is 13.8. The molecule has 3 aliphatic heterocycles. The molecule has 0 aromatic carbocycles. The molecule has 214 valence electrons. The number of halogens is 1. The number of fused-ring (bicyclic) bond motifs is 1. The minimum absolute atomic E-state index is 0.00232. The molecule has 8 nitrogen and oxygen atoms in total. The van der Waals surface area contributed by atoms with Crippen molar-refractivity contribution < 1.29 is 24.2 Å². The Labute approximate surface area is 236 Å². The van der Waals surface area contributed by atoms with Crippen LogP contribution in [-0.4, -0.2) is 98.4 Å². The van der Waals surface area contributed by atoms with Crippen LogP contribution in [0.2, 0.25) is 0 Å². The van der Waals surface area contributed by atoms with E-state index in [1.165, 1.54) is 4.90 Å². The van der Waals surface area contributed by atoms with Crippen molar-refractivity contribution in [2.75, 3.05) is 32.8 Å². The molecule has 0 aromatic heterocycles. The molecule has 0 aromatic rings. The van der Waals surface area contributed by atoms with Crippen LogP contribution in [0.1, 0.15) is 60.8 Å². The third-order valence-corrected chi connectivity index (χ3v) is 8.92. The number of carbonyl (C=O) groups is 3. The minimum atomic E-state index is -1.15. The first kappa shape index (κ1) is 30.8. The number of rotatable bonds is 12. The van der Waals surface area contributed by atoms with Gasteiger partial charge in [-0.2, -0.15) is 0 Å². The van der Waals surface area contributed by atoms with Gasteiger partial charge in [-0.25, -0.2) is 0 Å². The number of nitrogens with zero attached hydrogens (tertiary/aromatic N) is 3. The molecule has 2 bridgehead atoms. The summed E-state index contributed by atoms with van der Waals surface area (Å²) < 4.78 is 6.62. The summed E-state index contributed by atoms with van der Waals surface area (Å²) in [6, 6.07) is -0.937. The molecule has 3 rings (SSSR count). The van der Waals surface area contributed by atoms with Gasteiger partial charge in [0, 0.05) is 36.5 Å². The van der Waals surface area contributed by atoms with E-state index in [4.69, 9.17) is 4.74 Å². The number of hydrogen-bond donors (Lipinski definition) is 1. The third-order valence-electron chi connectivity index (χ3n) is 8.08. The monoisotopic (exact) mass is 595 g/mol. The molecule has 9 heteroatoms. The Morgan fingerprint density at radius 2 is 1.82 bits per heavy atom. The van der Waals surface area contributed by atoms with E-state index in [-0.39, 0.29) is 41.1 Å². The van der Waals surface area contributed by atoms with Crippen LogP contribution in [0, 0.1) is 17.3 Å². The molecule has 38 heavy (non-hydrogen) atoms. The van der Waals surface area contributed by atoms with Gasteiger partial charge in [-0.1, -0.05) is 55.8 Å². The van der Waals surface area contributed by atoms with Crippen LogP contribution in [0.15, 0.2) is 25.3 Å². The fourth-order valence-corrected chi connectivity index (χ4v) is 8.22. The summed E-state index contributed by atoms with van der Waals surface area (Å²) in [7, 11) is 0. The highest BCUT2D eigenvalue weighted by molar-refractivity contribution is 9.09. The van der Waals surface area contributed by atoms with Gasteiger partial charge in [-0.15, -0.1) is 13.2 Å². The number of carbonyl (C=O) groups excluding carboxylic acids is 3. The SMILES string of the molecule is C=CCN(CCC)C(=O)[C@H]1[C@H]2C(=O)N(CCO)C(C(=O)N(CC=C)C(C)(C)CC(C)(C)C)C23CC(Br)[C@@H]1O3. The molecule has 3 amide bonds. The number of amides is 3. The smallest absolute Gasteiger partial charge is 0.249 e. The Morgan fingerprint density at radius 1 is 1.18 bits per heavy atom. The molecule has 1 spiro atoms. The second-order valence-electron chi connectivity index (χ2n) is 12.8. The van der Waals surface area contributed by atoms with Crippen LogP contribution >= 0.6 is 15.9 Å². The van der Waals surface area contributed by atoms with Crippen molar-refractivity contribution in [2.24, 2.45) is 17.3 Å². The van der Waals surface area contributed by atoms with Crippen molar-refractivity contribution in [3.8, 4) is 0 Å². The van der Waals surface area contributed by atoms with Gasteiger partial charge in [-0.05, 0) is 38.5 Å². The zero-order valence-electron chi connectivity index (χ0n) is 23.9. The van der Waals surface area contributed by atoms with Crippen molar-refractivity contribution in [1.29, 1.82) is 0 Å². The summed E-state index contributed by atoms with van der Waals surface area (Å²) in [6.45, 7) is 21.1. The molecule has 0 aliphatic carbocycles. The Bertz CT molecular complexity index is 947. The number of β-amino-alcohol motifs (C(OH)–C–C–N with tert-alkyl or cyclic N) is 1. The van der Waals surface area contributed by atoms with E-state index in [1.807, 2.05) is 20.8 Å². The van der Waals surface area contributed by atoms with Crippen LogP contribution in [0.5, 0.6) is 0 Å². The molecular weight excluding hydrogens is 550 g/mol. The molecule has 3 aliphatic rings. The lowest BCUT2D eigenvalue weighted by atomic mass is 9.70. The molecule has 6 atom stereocenters. The standard InChI is InChI=1S/C29H46BrN3O5/c1-9-12-31(13-10-2)24(35)20-21-25(36)32(15-16-34)23(29(21)17-19(30)22(20)38-29)26(37)33(14-11-3)28(7,8)18-27(4,5)6/h9,11,19-23,34H,1,3,10,12-18H2,2,4-8H3/t19?,20-,21-,22-,23?,29?/m0/s1. The predicted molar refractivity (Wildman–Crippen MR) is 152 cm³/mol. The van der Waals surface area contributed by atoms with Crippen LogP contribution in [0.25, 0.3) is 0 Å². The summed E-state index contributed by atoms with van der Waals surface area (Å²) in [5.41, 5.74) is -1.73. The summed E-state index contributed by atoms with van der Waals surface area (Å²) >= 11 is 3.73. The first-order chi connectivity index (χ1) is 17.7. The first-order valence-corrected chi connectivity index (χ1v) is 14.7. The number of aliphatic hydroxyl groups is 1. The van der Waals surface area contributed by atoms with Crippen LogP contribution < -0.4 is 0 Å². The number of aliphatic hydroxyl groups excluding tert-OH is 1. The molecule has 3 saturated heterocycles. The van der Waals surface area contributed by atoms with Gasteiger partial charge in [0.15, 0.2) is 0 Å². The number of hydrogen-bond acceptors (Lipinski definition) is 5. The quantitative estimate of drug-likeness (QED) is 0.276. The molecule has 3 unspecified atom stereocenters. The Hall–Kier alpha value is -1.71. The largest absolute Gasteiger partial charge is 0.395 e. The molecule has 3 heterocycles. The fraction of sp³-hybridized carbons (Fsp3) is 0.759. The van der Waals surface area contributed by atoms with Gasteiger partial charge in [0.1, 0.15) is 11.6 Å². The van der Waals surface area contributed by atoms with Crippen molar-refractivity contribution >= 4 is 33.7 Å². The van der Waals surface area contributed by atoms with E-state index in [9.17, 15) is 19.5 Å². The van der Waals surface area contributed by atoms with Crippen molar-refractivity contribution in [3.05, 3.63) is 25.3 Å². The average Bonchev–Trinajstić information content (AvgIpc) is 3.39. The van der Waals surface area contributed by atoms with Gasteiger partial charge in [0.25, 0.3) is 0 Å². The maximum absolute atomic E-state index is 14.5. The summed E-state index contributed by atoms with van der Waals surface area (Å²) in [5.74, 6) is -2.15. The normalized spacial score (nSPS) is 30.4. The van der Waals surface area contributed by atoms with Gasteiger partial charge in [0.05, 0.1) is 24.5 Å². The highest BCUT2D eigenvalue weighted by atomic mass is 79.9. The molecule has 0 saturated carbocycles. The fourth-order valence-electron chi connectivity index (χ4n) is 7.27. The van der Waals surface area contributed by atoms with Crippen LogP contribution in [0.3, 0.4) is 0 Å². The summed E-state index contributed by atoms with van der Waals surface area (Å²) in [6.07, 6.45) is 4.82. The van der Waals surface area contributed by atoms with Crippen molar-refractivity contribution in [2.45, 2.75) is 88.9 Å². The third kappa shape index (κ3) is 5.35. The molecule has 0 radical (unpaired) electrons. The lowest BCUT2D eigenvalue weighted by Gasteiger charge is -2.45. The number of alkyl halides is 1. The van der Waals surface area contributed by atoms with Gasteiger partial charge in [-0.3, -0.25) is 14.4 Å². The molecule has 1 N–H and O–H groups in total. The van der Waals surface area contributed by atoms with E-state index >= 15 is 0 Å². The van der Waals surface area contributed by atoms with Crippen LogP contribution in [-0.2, 0) is 19.1 Å². The summed E-state index contributed by atoms with van der Waals surface area (Å²) in [4.78, 5) is 47.3.